The number of hydrogen-bond donors (Lipinski definition) is 0. The highest BCUT2D eigenvalue weighted by atomic mass is 32.2. The number of halogens is 3. The van der Waals surface area contributed by atoms with Crippen molar-refractivity contribution in [2.45, 2.75) is 25.3 Å². The molecule has 1 atom stereocenters. The van der Waals surface area contributed by atoms with Gasteiger partial charge in [0, 0.05) is 17.0 Å². The molecule has 0 aliphatic rings. The maximum atomic E-state index is 13.7. The minimum atomic E-state index is -4.26. The summed E-state index contributed by atoms with van der Waals surface area (Å²) in [5, 5.41) is 0.747. The largest absolute Gasteiger partial charge is 0.601 e. The molecular weight excluding hydrogens is 305 g/mol. The average molecular weight is 321 g/mol. The standard InChI is InChI=1S/C18H16F3S/c1-12(2)14-9-6-10-16-15(14)11-17(22(16)18(19,20)21)13-7-4-3-5-8-13/h3-12H,1-2H3/q+1. The van der Waals surface area contributed by atoms with Crippen molar-refractivity contribution >= 4 is 20.6 Å². The monoisotopic (exact) mass is 321 g/mol. The number of alkyl halides is 3. The first-order valence-corrected chi connectivity index (χ1v) is 8.33. The summed E-state index contributed by atoms with van der Waals surface area (Å²) >= 11 is 0. The van der Waals surface area contributed by atoms with Gasteiger partial charge in [-0.25, -0.2) is 0 Å². The van der Waals surface area contributed by atoms with Gasteiger partial charge in [-0.2, -0.15) is 0 Å². The zero-order valence-corrected chi connectivity index (χ0v) is 13.1. The molecule has 0 saturated heterocycles. The molecule has 0 bridgehead atoms. The van der Waals surface area contributed by atoms with Crippen molar-refractivity contribution in [3.63, 3.8) is 0 Å². The van der Waals surface area contributed by atoms with Gasteiger partial charge in [0.25, 0.3) is 0 Å². The van der Waals surface area contributed by atoms with Crippen molar-refractivity contribution in [2.75, 3.05) is 0 Å². The van der Waals surface area contributed by atoms with Crippen molar-refractivity contribution in [3.05, 3.63) is 60.2 Å². The van der Waals surface area contributed by atoms with E-state index in [0.29, 0.717) is 15.1 Å². The summed E-state index contributed by atoms with van der Waals surface area (Å²) in [6.07, 6.45) is 0. The van der Waals surface area contributed by atoms with Gasteiger partial charge in [0.1, 0.15) is 10.5 Å². The Bertz CT molecular complexity index is 798. The van der Waals surface area contributed by atoms with Crippen LogP contribution < -0.4 is 0 Å². The molecule has 1 unspecified atom stereocenters. The normalized spacial score (nSPS) is 13.1. The Labute approximate surface area is 130 Å². The molecule has 114 valence electrons. The van der Waals surface area contributed by atoms with Gasteiger partial charge in [0.05, 0.1) is 0 Å². The quantitative estimate of drug-likeness (QED) is 0.452. The van der Waals surface area contributed by atoms with Crippen molar-refractivity contribution in [3.8, 4) is 10.4 Å². The van der Waals surface area contributed by atoms with Crippen LogP contribution in [-0.4, -0.2) is 0 Å². The zero-order chi connectivity index (χ0) is 15.9. The van der Waals surface area contributed by atoms with E-state index in [9.17, 15) is 13.2 Å². The Morgan fingerprint density at radius 1 is 0.909 bits per heavy atom. The van der Waals surface area contributed by atoms with Crippen LogP contribution in [0.4, 0.5) is 13.2 Å². The lowest BCUT2D eigenvalue weighted by molar-refractivity contribution is -0.0864. The van der Waals surface area contributed by atoms with E-state index in [4.69, 9.17) is 0 Å². The SMILES string of the molecule is CC(C)c1cccc2c1cc(-c1ccccc1)[s+]2C(F)(F)F. The maximum absolute atomic E-state index is 13.7. The Balaban J connectivity index is 2.39. The van der Waals surface area contributed by atoms with Crippen LogP contribution in [0.25, 0.3) is 20.5 Å². The van der Waals surface area contributed by atoms with Crippen LogP contribution in [0.1, 0.15) is 25.3 Å². The van der Waals surface area contributed by atoms with E-state index in [1.807, 2.05) is 26.0 Å². The van der Waals surface area contributed by atoms with Gasteiger partial charge in [-0.05, 0) is 29.7 Å². The van der Waals surface area contributed by atoms with E-state index in [0.717, 1.165) is 10.9 Å². The van der Waals surface area contributed by atoms with Gasteiger partial charge in [-0.3, -0.25) is 0 Å². The molecule has 0 saturated carbocycles. The number of fused-ring (bicyclic) bond motifs is 1. The second-order valence-electron chi connectivity index (χ2n) is 5.54. The topological polar surface area (TPSA) is 0 Å². The van der Waals surface area contributed by atoms with Crippen molar-refractivity contribution < 1.29 is 13.2 Å². The lowest BCUT2D eigenvalue weighted by Crippen LogP contribution is -1.96. The van der Waals surface area contributed by atoms with Crippen LogP contribution >= 0.6 is 10.5 Å². The third-order valence-corrected chi connectivity index (χ3v) is 5.78. The Hall–Kier alpha value is -1.81. The van der Waals surface area contributed by atoms with E-state index >= 15 is 0 Å². The molecule has 0 aliphatic carbocycles. The van der Waals surface area contributed by atoms with E-state index in [1.165, 1.54) is 0 Å². The second kappa shape index (κ2) is 5.43. The van der Waals surface area contributed by atoms with Gasteiger partial charge in [0.2, 0.25) is 0 Å². The molecule has 3 rings (SSSR count). The fourth-order valence-corrected chi connectivity index (χ4v) is 4.71. The number of thiophene rings is 1. The lowest BCUT2D eigenvalue weighted by atomic mass is 9.99. The summed E-state index contributed by atoms with van der Waals surface area (Å²) in [6.45, 7) is 4.02. The van der Waals surface area contributed by atoms with Crippen LogP contribution in [0, 0.1) is 0 Å². The number of rotatable bonds is 2. The van der Waals surface area contributed by atoms with E-state index in [1.54, 1.807) is 42.5 Å². The first-order valence-electron chi connectivity index (χ1n) is 7.10. The summed E-state index contributed by atoms with van der Waals surface area (Å²) in [4.78, 5) is 0.371. The maximum Gasteiger partial charge on any atom is 0.601 e. The summed E-state index contributed by atoms with van der Waals surface area (Å²) in [5.74, 6) is 0.194. The Kier molecular flexibility index (Phi) is 3.73. The molecule has 1 heterocycles. The minimum Gasteiger partial charge on any atom is -0.118 e. The highest BCUT2D eigenvalue weighted by Crippen LogP contribution is 2.55. The highest BCUT2D eigenvalue weighted by Gasteiger charge is 2.48. The summed E-state index contributed by atoms with van der Waals surface area (Å²) in [6, 6.07) is 15.9. The molecule has 0 radical (unpaired) electrons. The van der Waals surface area contributed by atoms with E-state index in [-0.39, 0.29) is 5.92 Å². The number of hydrogen-bond acceptors (Lipinski definition) is 0. The van der Waals surface area contributed by atoms with Gasteiger partial charge >= 0.3 is 5.51 Å². The minimum absolute atomic E-state index is 0.194. The second-order valence-corrected chi connectivity index (χ2v) is 7.50. The molecule has 0 spiro atoms. The molecule has 0 amide bonds. The van der Waals surface area contributed by atoms with Gasteiger partial charge in [0.15, 0.2) is 9.58 Å². The first-order chi connectivity index (χ1) is 10.4. The van der Waals surface area contributed by atoms with Crippen molar-refractivity contribution in [2.24, 2.45) is 0 Å². The van der Waals surface area contributed by atoms with Gasteiger partial charge in [-0.1, -0.05) is 44.2 Å². The lowest BCUT2D eigenvalue weighted by Gasteiger charge is -2.05. The molecule has 0 fully saturated rings. The van der Waals surface area contributed by atoms with Crippen LogP contribution in [-0.2, 0) is 5.51 Å². The van der Waals surface area contributed by atoms with Crippen molar-refractivity contribution in [1.29, 1.82) is 0 Å². The van der Waals surface area contributed by atoms with Gasteiger partial charge in [-0.15, -0.1) is 13.2 Å². The van der Waals surface area contributed by atoms with Crippen LogP contribution in [0.3, 0.4) is 0 Å². The van der Waals surface area contributed by atoms with E-state index < -0.39 is 16.0 Å². The average Bonchev–Trinajstić information content (AvgIpc) is 2.87. The smallest absolute Gasteiger partial charge is 0.118 e. The van der Waals surface area contributed by atoms with Crippen LogP contribution in [0.15, 0.2) is 54.6 Å². The molecular formula is C18H16F3S+. The number of benzene rings is 2. The summed E-state index contributed by atoms with van der Waals surface area (Å²) < 4.78 is 41.4. The third kappa shape index (κ3) is 2.52. The fourth-order valence-electron chi connectivity index (χ4n) is 2.76. The molecule has 0 N–H and O–H groups in total. The molecule has 22 heavy (non-hydrogen) atoms. The summed E-state index contributed by atoms with van der Waals surface area (Å²) in [5.41, 5.74) is -2.64. The summed E-state index contributed by atoms with van der Waals surface area (Å²) in [7, 11) is -1.87. The molecule has 0 nitrogen and oxygen atoms in total. The van der Waals surface area contributed by atoms with Crippen molar-refractivity contribution in [1.82, 2.24) is 0 Å². The third-order valence-electron chi connectivity index (χ3n) is 3.73. The molecule has 2 aromatic carbocycles. The predicted octanol–water partition coefficient (Wildman–Crippen LogP) is 6.86. The fraction of sp³-hybridized carbons (Fsp3) is 0.222. The Morgan fingerprint density at radius 2 is 1.59 bits per heavy atom. The molecule has 3 aromatic rings. The van der Waals surface area contributed by atoms with Gasteiger partial charge < -0.3 is 0 Å². The predicted molar refractivity (Wildman–Crippen MR) is 87.3 cm³/mol. The van der Waals surface area contributed by atoms with Crippen LogP contribution in [0.2, 0.25) is 0 Å². The van der Waals surface area contributed by atoms with Crippen LogP contribution in [0.5, 0.6) is 0 Å². The molecule has 1 aromatic heterocycles. The molecule has 0 aliphatic heterocycles. The first kappa shape index (κ1) is 15.1. The highest BCUT2D eigenvalue weighted by molar-refractivity contribution is 7.41. The van der Waals surface area contributed by atoms with E-state index in [2.05, 4.69) is 0 Å². The zero-order valence-electron chi connectivity index (χ0n) is 12.3. The Morgan fingerprint density at radius 3 is 2.18 bits per heavy atom. The molecule has 4 heteroatoms.